The number of fused-ring (bicyclic) bond motifs is 4. The molecule has 95 heavy (non-hydrogen) atoms. The predicted molar refractivity (Wildman–Crippen MR) is 415 cm³/mol. The number of carbonyl (C=O) groups is 1. The minimum Gasteiger partial charge on any atom is -0.378 e. The van der Waals surface area contributed by atoms with Gasteiger partial charge in [0.2, 0.25) is 0 Å². The van der Waals surface area contributed by atoms with Crippen molar-refractivity contribution < 1.29 is 4.79 Å². The van der Waals surface area contributed by atoms with Crippen molar-refractivity contribution in [2.24, 2.45) is 23.7 Å². The van der Waals surface area contributed by atoms with Crippen LogP contribution in [0.1, 0.15) is 185 Å². The molecule has 6 aromatic carbocycles. The molecule has 0 spiro atoms. The van der Waals surface area contributed by atoms with Crippen molar-refractivity contribution in [3.63, 3.8) is 0 Å². The van der Waals surface area contributed by atoms with Gasteiger partial charge in [0.25, 0.3) is 0 Å². The minimum atomic E-state index is -2.95. The molecule has 5 nitrogen and oxygen atoms in total. The van der Waals surface area contributed by atoms with Crippen LogP contribution in [-0.2, 0) is 12.8 Å². The quantitative estimate of drug-likeness (QED) is 0.0394. The molecule has 4 unspecified atom stereocenters. The van der Waals surface area contributed by atoms with E-state index in [1.165, 1.54) is 188 Å². The number of carbonyl (C=O) groups excluding carboxylic acids is 1. The molecule has 5 heterocycles. The fourth-order valence-electron chi connectivity index (χ4n) is 16.4. The SMILES string of the molecule is CCCCC(CC)Cc1c(-c2ccccc2)c(-c2ccc3c(c2)[Si](CC(CC)CCCC)(CC(CC)CCCC)c2cc(-c4c(-c5ccccc5)c(CC(CC)CCCC)c5cc(-c6ccc(N(C)C)cc6)ccn45)ccc2C3=O)n2ccc(-c3ccc(N(C)C)cc3)cc12. The van der Waals surface area contributed by atoms with E-state index in [1.807, 2.05) is 0 Å². The number of benzene rings is 6. The van der Waals surface area contributed by atoms with E-state index in [-0.39, 0.29) is 5.78 Å². The number of hydrogen-bond acceptors (Lipinski definition) is 3. The van der Waals surface area contributed by atoms with Gasteiger partial charge in [0, 0.05) is 74.2 Å². The van der Waals surface area contributed by atoms with Crippen molar-refractivity contribution in [2.45, 2.75) is 183 Å². The van der Waals surface area contributed by atoms with E-state index in [1.54, 1.807) is 0 Å². The minimum absolute atomic E-state index is 0.186. The maximum Gasteiger partial charge on any atom is 0.192 e. The van der Waals surface area contributed by atoms with Crippen molar-refractivity contribution >= 4 is 46.6 Å². The molecule has 0 N–H and O–H groups in total. The molecule has 10 aromatic rings. The van der Waals surface area contributed by atoms with E-state index in [0.29, 0.717) is 23.7 Å². The van der Waals surface area contributed by atoms with Crippen molar-refractivity contribution in [2.75, 3.05) is 38.0 Å². The number of aromatic nitrogens is 2. The van der Waals surface area contributed by atoms with Crippen LogP contribution < -0.4 is 20.2 Å². The van der Waals surface area contributed by atoms with Crippen molar-refractivity contribution in [3.8, 4) is 67.0 Å². The standard InChI is InChI=1S/C89H110N4OSi/c1-13-21-31-63(17-5)55-79-81-57-71(67-39-45-75(46-40-67)90(9)10)51-53-92(81)87(85(79)69-35-27-25-28-36-69)73-43-49-77-83(59-73)95(61-65(19-7)33-23-15-3,62-66(20-8)34-24-16-4)84-60-74(44-50-78(84)89(77)94)88-86(70-37-29-26-30-38-70)80(56-64(18-6)32-22-14-2)82-58-72(52-54-93(82)88)68-41-47-76(48-42-68)91(11)12/h25-30,35-54,57-60,63-66H,13-24,31-34,55-56,61-62H2,1-12H3. The Balaban J connectivity index is 1.21. The first kappa shape index (κ1) is 68.7. The molecule has 6 heteroatoms. The molecule has 1 aliphatic heterocycles. The third-order valence-corrected chi connectivity index (χ3v) is 27.6. The highest BCUT2D eigenvalue weighted by molar-refractivity contribution is 7.04. The third-order valence-electron chi connectivity index (χ3n) is 22.2. The number of pyridine rings is 2. The van der Waals surface area contributed by atoms with Gasteiger partial charge in [-0.25, -0.2) is 0 Å². The summed E-state index contributed by atoms with van der Waals surface area (Å²) in [5.41, 5.74) is 24.7. The molecule has 11 rings (SSSR count). The van der Waals surface area contributed by atoms with Crippen LogP contribution in [0.2, 0.25) is 12.1 Å². The third kappa shape index (κ3) is 14.4. The van der Waals surface area contributed by atoms with Crippen LogP contribution in [0.5, 0.6) is 0 Å². The van der Waals surface area contributed by atoms with Crippen LogP contribution in [0.15, 0.2) is 182 Å². The summed E-state index contributed by atoms with van der Waals surface area (Å²) in [7, 11) is 5.52. The zero-order chi connectivity index (χ0) is 66.8. The van der Waals surface area contributed by atoms with Crippen LogP contribution >= 0.6 is 0 Å². The van der Waals surface area contributed by atoms with Gasteiger partial charge in [-0.3, -0.25) is 4.79 Å². The van der Waals surface area contributed by atoms with Gasteiger partial charge in [0.05, 0.1) is 22.4 Å². The summed E-state index contributed by atoms with van der Waals surface area (Å²) in [5, 5.41) is 2.74. The van der Waals surface area contributed by atoms with E-state index in [4.69, 9.17) is 0 Å². The summed E-state index contributed by atoms with van der Waals surface area (Å²) in [6.45, 7) is 19.1. The average molecular weight is 1280 g/mol. The first-order valence-electron chi connectivity index (χ1n) is 37.2. The monoisotopic (exact) mass is 1280 g/mol. The summed E-state index contributed by atoms with van der Waals surface area (Å²) in [4.78, 5) is 20.7. The molecule has 0 fully saturated rings. The van der Waals surface area contributed by atoms with Gasteiger partial charge in [0.15, 0.2) is 5.78 Å². The van der Waals surface area contributed by atoms with Crippen LogP contribution in [-0.4, -0.2) is 50.8 Å². The number of hydrogen-bond donors (Lipinski definition) is 0. The molecule has 0 saturated carbocycles. The average Bonchev–Trinajstić information content (AvgIpc) is 1.71. The van der Waals surface area contributed by atoms with Gasteiger partial charge >= 0.3 is 0 Å². The molecule has 496 valence electrons. The maximum atomic E-state index is 16.3. The van der Waals surface area contributed by atoms with Crippen LogP contribution in [0.4, 0.5) is 11.4 Å². The first-order chi connectivity index (χ1) is 46.3. The summed E-state index contributed by atoms with van der Waals surface area (Å²) in [6.07, 6.45) is 25.7. The summed E-state index contributed by atoms with van der Waals surface area (Å²) in [5.74, 6) is 2.31. The maximum absolute atomic E-state index is 16.3. The molecule has 4 atom stereocenters. The molecule has 0 radical (unpaired) electrons. The molecule has 1 aliphatic rings. The molecule has 0 amide bonds. The van der Waals surface area contributed by atoms with Crippen LogP contribution in [0.25, 0.3) is 78.1 Å². The van der Waals surface area contributed by atoms with Gasteiger partial charge in [-0.2, -0.15) is 0 Å². The van der Waals surface area contributed by atoms with Gasteiger partial charge in [-0.1, -0.05) is 279 Å². The van der Waals surface area contributed by atoms with Crippen LogP contribution in [0, 0.1) is 23.7 Å². The second kappa shape index (κ2) is 31.5. The second-order valence-corrected chi connectivity index (χ2v) is 32.8. The summed E-state index contributed by atoms with van der Waals surface area (Å²) in [6, 6.07) is 67.4. The lowest BCUT2D eigenvalue weighted by atomic mass is 9.87. The van der Waals surface area contributed by atoms with Crippen molar-refractivity contribution in [1.29, 1.82) is 0 Å². The highest BCUT2D eigenvalue weighted by atomic mass is 28.3. The van der Waals surface area contributed by atoms with Gasteiger partial charge in [-0.15, -0.1) is 0 Å². The Morgan fingerprint density at radius 2 is 0.716 bits per heavy atom. The number of nitrogens with zero attached hydrogens (tertiary/aromatic N) is 4. The van der Waals surface area contributed by atoms with Gasteiger partial charge in [0.1, 0.15) is 8.07 Å². The van der Waals surface area contributed by atoms with E-state index in [2.05, 4.69) is 284 Å². The van der Waals surface area contributed by atoms with Crippen LogP contribution in [0.3, 0.4) is 0 Å². The fraction of sp³-hybridized carbons (Fsp3) is 0.404. The molecule has 0 aliphatic carbocycles. The van der Waals surface area contributed by atoms with Gasteiger partial charge < -0.3 is 18.6 Å². The summed E-state index contributed by atoms with van der Waals surface area (Å²) >= 11 is 0. The lowest BCUT2D eigenvalue weighted by Gasteiger charge is -2.43. The Bertz CT molecular complexity index is 3900. The Hall–Kier alpha value is -7.67. The number of anilines is 2. The molecular formula is C89H110N4OSi. The van der Waals surface area contributed by atoms with E-state index < -0.39 is 8.07 Å². The lowest BCUT2D eigenvalue weighted by Crippen LogP contribution is -2.65. The number of unbranched alkanes of at least 4 members (excludes halogenated alkanes) is 4. The Morgan fingerprint density at radius 3 is 1.05 bits per heavy atom. The van der Waals surface area contributed by atoms with E-state index in [0.717, 1.165) is 61.7 Å². The molecule has 0 bridgehead atoms. The molecular weight excluding hydrogens is 1170 g/mol. The number of rotatable bonds is 32. The van der Waals surface area contributed by atoms with Crippen molar-refractivity contribution in [1.82, 2.24) is 8.80 Å². The largest absolute Gasteiger partial charge is 0.378 e. The second-order valence-electron chi connectivity index (χ2n) is 28.8. The Morgan fingerprint density at radius 1 is 0.368 bits per heavy atom. The lowest BCUT2D eigenvalue weighted by molar-refractivity contribution is 0.104. The highest BCUT2D eigenvalue weighted by Gasteiger charge is 2.48. The summed E-state index contributed by atoms with van der Waals surface area (Å²) < 4.78 is 5.12. The highest BCUT2D eigenvalue weighted by Crippen LogP contribution is 2.47. The predicted octanol–water partition coefficient (Wildman–Crippen LogP) is 23.4. The zero-order valence-corrected chi connectivity index (χ0v) is 61.0. The zero-order valence-electron chi connectivity index (χ0n) is 60.0. The smallest absolute Gasteiger partial charge is 0.192 e. The van der Waals surface area contributed by atoms with E-state index in [9.17, 15) is 0 Å². The fourth-order valence-corrected chi connectivity index (χ4v) is 23.0. The topological polar surface area (TPSA) is 32.4 Å². The molecule has 0 saturated heterocycles. The first-order valence-corrected chi connectivity index (χ1v) is 39.6. The Kier molecular flexibility index (Phi) is 22.8. The van der Waals surface area contributed by atoms with Gasteiger partial charge in [-0.05, 0) is 163 Å². The Labute approximate surface area is 573 Å². The number of ketones is 1. The normalized spacial score (nSPS) is 15.1. The molecule has 4 aromatic heterocycles. The van der Waals surface area contributed by atoms with E-state index >= 15 is 4.79 Å². The van der Waals surface area contributed by atoms with Crippen molar-refractivity contribution in [3.05, 3.63) is 205 Å².